The number of benzene rings is 3. The summed E-state index contributed by atoms with van der Waals surface area (Å²) in [6.45, 7) is 8.65. The van der Waals surface area contributed by atoms with E-state index in [1.807, 2.05) is 13.0 Å². The highest BCUT2D eigenvalue weighted by molar-refractivity contribution is 8.00. The molecule has 1 aromatic heterocycles. The number of methoxy groups -OCH3 is 1. The molecule has 0 spiro atoms. The van der Waals surface area contributed by atoms with Gasteiger partial charge in [-0.25, -0.2) is 4.79 Å². The van der Waals surface area contributed by atoms with Gasteiger partial charge >= 0.3 is 5.97 Å². The van der Waals surface area contributed by atoms with E-state index >= 15 is 0 Å². The van der Waals surface area contributed by atoms with Crippen LogP contribution in [0.25, 0.3) is 6.08 Å². The predicted molar refractivity (Wildman–Crippen MR) is 208 cm³/mol. The van der Waals surface area contributed by atoms with Crippen molar-refractivity contribution in [3.05, 3.63) is 117 Å². The van der Waals surface area contributed by atoms with Gasteiger partial charge in [-0.3, -0.25) is 14.4 Å². The predicted octanol–water partition coefficient (Wildman–Crippen LogP) is 9.26. The lowest BCUT2D eigenvalue weighted by molar-refractivity contribution is -0.116. The number of carbonyl (C=O) groups is 4. The molecule has 4 aromatic rings. The van der Waals surface area contributed by atoms with Crippen molar-refractivity contribution >= 4 is 75.2 Å². The number of carbonyl (C=O) groups excluding carboxylic acids is 4. The summed E-state index contributed by atoms with van der Waals surface area (Å²) in [4.78, 5) is 55.2. The Hall–Kier alpha value is -4.38. The molecular formula is C40H42ClN3O5S2. The molecule has 5 rings (SSSR count). The molecule has 0 saturated carbocycles. The SMILES string of the molecule is CCC(Sc1cccc(NC(=O)/C(=C/c2cccc(Cl)c2)NC(=O)c2ccccc2)c1)C(=O)Nc1sc2c(c1C(=O)OC)CCC(C(C)(C)C)C2. The lowest BCUT2D eigenvalue weighted by Gasteiger charge is -2.33. The molecule has 11 heteroatoms. The van der Waals surface area contributed by atoms with Gasteiger partial charge in [-0.15, -0.1) is 23.1 Å². The smallest absolute Gasteiger partial charge is 0.341 e. The second-order valence-corrected chi connectivity index (χ2v) is 16.2. The highest BCUT2D eigenvalue weighted by Gasteiger charge is 2.35. The normalized spacial score (nSPS) is 14.9. The molecule has 51 heavy (non-hydrogen) atoms. The van der Waals surface area contributed by atoms with Crippen LogP contribution in [-0.4, -0.2) is 36.1 Å². The Morgan fingerprint density at radius 1 is 1.00 bits per heavy atom. The summed E-state index contributed by atoms with van der Waals surface area (Å²) in [7, 11) is 1.36. The fourth-order valence-electron chi connectivity index (χ4n) is 5.96. The van der Waals surface area contributed by atoms with Gasteiger partial charge in [0.2, 0.25) is 5.91 Å². The van der Waals surface area contributed by atoms with Crippen LogP contribution in [0, 0.1) is 11.3 Å². The van der Waals surface area contributed by atoms with Crippen molar-refractivity contribution in [1.29, 1.82) is 0 Å². The van der Waals surface area contributed by atoms with Crippen LogP contribution in [0.2, 0.25) is 5.02 Å². The molecule has 0 fully saturated rings. The number of hydrogen-bond acceptors (Lipinski definition) is 7. The maximum Gasteiger partial charge on any atom is 0.341 e. The van der Waals surface area contributed by atoms with Gasteiger partial charge in [-0.05, 0) is 96.7 Å². The number of fused-ring (bicyclic) bond motifs is 1. The summed E-state index contributed by atoms with van der Waals surface area (Å²) in [5.41, 5.74) is 3.14. The van der Waals surface area contributed by atoms with Crippen molar-refractivity contribution in [2.75, 3.05) is 17.7 Å². The molecule has 3 aromatic carbocycles. The fraction of sp³-hybridized carbons (Fsp3) is 0.300. The molecule has 0 radical (unpaired) electrons. The number of ether oxygens (including phenoxy) is 1. The zero-order chi connectivity index (χ0) is 36.7. The monoisotopic (exact) mass is 743 g/mol. The quantitative estimate of drug-likeness (QED) is 0.0802. The Kier molecular flexibility index (Phi) is 12.4. The van der Waals surface area contributed by atoms with Crippen LogP contribution in [0.4, 0.5) is 10.7 Å². The first-order chi connectivity index (χ1) is 24.4. The van der Waals surface area contributed by atoms with Crippen molar-refractivity contribution in [3.63, 3.8) is 0 Å². The van der Waals surface area contributed by atoms with E-state index in [-0.39, 0.29) is 17.0 Å². The van der Waals surface area contributed by atoms with Crippen LogP contribution in [-0.2, 0) is 27.2 Å². The molecule has 2 unspecified atom stereocenters. The first-order valence-electron chi connectivity index (χ1n) is 16.8. The van der Waals surface area contributed by atoms with Crippen molar-refractivity contribution in [3.8, 4) is 0 Å². The van der Waals surface area contributed by atoms with E-state index in [4.69, 9.17) is 16.3 Å². The number of hydrogen-bond donors (Lipinski definition) is 3. The summed E-state index contributed by atoms with van der Waals surface area (Å²) in [5, 5.41) is 9.22. The molecule has 266 valence electrons. The average molecular weight is 744 g/mol. The maximum atomic E-state index is 13.7. The molecule has 0 bridgehead atoms. The van der Waals surface area contributed by atoms with Crippen molar-refractivity contribution < 1.29 is 23.9 Å². The number of esters is 1. The van der Waals surface area contributed by atoms with Gasteiger partial charge in [0.25, 0.3) is 11.8 Å². The van der Waals surface area contributed by atoms with Crippen molar-refractivity contribution in [2.24, 2.45) is 11.3 Å². The summed E-state index contributed by atoms with van der Waals surface area (Å²) >= 11 is 9.02. The van der Waals surface area contributed by atoms with Crippen LogP contribution < -0.4 is 16.0 Å². The number of thiophene rings is 1. The first-order valence-corrected chi connectivity index (χ1v) is 18.9. The topological polar surface area (TPSA) is 114 Å². The van der Waals surface area contributed by atoms with Crippen LogP contribution >= 0.6 is 34.7 Å². The summed E-state index contributed by atoms with van der Waals surface area (Å²) in [6.07, 6.45) is 4.69. The van der Waals surface area contributed by atoms with E-state index in [1.54, 1.807) is 78.9 Å². The highest BCUT2D eigenvalue weighted by Crippen LogP contribution is 2.45. The summed E-state index contributed by atoms with van der Waals surface area (Å²) < 4.78 is 5.15. The first kappa shape index (κ1) is 37.9. The Morgan fingerprint density at radius 2 is 1.75 bits per heavy atom. The Morgan fingerprint density at radius 3 is 2.43 bits per heavy atom. The number of thioether (sulfide) groups is 1. The van der Waals surface area contributed by atoms with E-state index in [0.29, 0.717) is 44.7 Å². The van der Waals surface area contributed by atoms with Crippen LogP contribution in [0.3, 0.4) is 0 Å². The Labute approximate surface area is 312 Å². The largest absolute Gasteiger partial charge is 0.465 e. The van der Waals surface area contributed by atoms with Gasteiger partial charge in [0.15, 0.2) is 0 Å². The Bertz CT molecular complexity index is 1950. The number of halogens is 1. The summed E-state index contributed by atoms with van der Waals surface area (Å²) in [6, 6.07) is 22.8. The zero-order valence-corrected chi connectivity index (χ0v) is 31.7. The number of rotatable bonds is 11. The molecule has 0 aliphatic heterocycles. The lowest BCUT2D eigenvalue weighted by Crippen LogP contribution is -2.30. The number of nitrogens with one attached hydrogen (secondary N) is 3. The fourth-order valence-corrected chi connectivity index (χ4v) is 8.49. The highest BCUT2D eigenvalue weighted by atomic mass is 35.5. The van der Waals surface area contributed by atoms with E-state index in [0.717, 1.165) is 34.6 Å². The van der Waals surface area contributed by atoms with Gasteiger partial charge in [-0.1, -0.05) is 75.7 Å². The van der Waals surface area contributed by atoms with Crippen molar-refractivity contribution in [1.82, 2.24) is 5.32 Å². The minimum Gasteiger partial charge on any atom is -0.465 e. The molecule has 1 heterocycles. The zero-order valence-electron chi connectivity index (χ0n) is 29.3. The van der Waals surface area contributed by atoms with E-state index in [2.05, 4.69) is 36.7 Å². The Balaban J connectivity index is 1.32. The average Bonchev–Trinajstić information content (AvgIpc) is 3.47. The van der Waals surface area contributed by atoms with Crippen LogP contribution in [0.15, 0.2) is 89.5 Å². The van der Waals surface area contributed by atoms with E-state index < -0.39 is 23.0 Å². The second kappa shape index (κ2) is 16.8. The maximum absolute atomic E-state index is 13.7. The van der Waals surface area contributed by atoms with Crippen molar-refractivity contribution in [2.45, 2.75) is 63.5 Å². The summed E-state index contributed by atoms with van der Waals surface area (Å²) in [5.74, 6) is -1.14. The molecular weight excluding hydrogens is 702 g/mol. The minimum atomic E-state index is -0.531. The third-order valence-electron chi connectivity index (χ3n) is 8.84. The lowest BCUT2D eigenvalue weighted by atomic mass is 9.72. The molecule has 2 atom stereocenters. The third kappa shape index (κ3) is 9.70. The molecule has 1 aliphatic rings. The minimum absolute atomic E-state index is 0.0314. The molecule has 1 aliphatic carbocycles. The van der Waals surface area contributed by atoms with Gasteiger partial charge in [-0.2, -0.15) is 0 Å². The molecule has 8 nitrogen and oxygen atoms in total. The van der Waals surface area contributed by atoms with Gasteiger partial charge in [0, 0.05) is 26.0 Å². The molecule has 3 amide bonds. The van der Waals surface area contributed by atoms with Gasteiger partial charge in [0.1, 0.15) is 10.7 Å². The van der Waals surface area contributed by atoms with E-state index in [1.165, 1.54) is 30.2 Å². The number of anilines is 2. The molecule has 0 saturated heterocycles. The third-order valence-corrected chi connectivity index (χ3v) is 11.6. The van der Waals surface area contributed by atoms with Crippen LogP contribution in [0.1, 0.15) is 77.3 Å². The van der Waals surface area contributed by atoms with Crippen LogP contribution in [0.5, 0.6) is 0 Å². The second-order valence-electron chi connectivity index (χ2n) is 13.4. The standard InChI is InChI=1S/C40H42ClN3O5S2/c1-6-32(37(47)44-38-34(39(48)49-5)30-19-18-26(40(2,3)4)22-33(30)51-38)50-29-17-11-16-28(23-29)42-36(46)31(21-24-12-10-15-27(41)20-24)43-35(45)25-13-8-7-9-14-25/h7-17,20-21,23,26,32H,6,18-19,22H2,1-5H3,(H,42,46)(H,43,45)(H,44,47)/b31-21-. The van der Waals surface area contributed by atoms with E-state index in [9.17, 15) is 19.2 Å². The molecule has 3 N–H and O–H groups in total. The number of amides is 3. The van der Waals surface area contributed by atoms with Gasteiger partial charge in [0.05, 0.1) is 17.9 Å². The van der Waals surface area contributed by atoms with Gasteiger partial charge < -0.3 is 20.7 Å².